The lowest BCUT2D eigenvalue weighted by Gasteiger charge is -2.32. The van der Waals surface area contributed by atoms with Crippen molar-refractivity contribution in [3.63, 3.8) is 0 Å². The first-order valence-electron chi connectivity index (χ1n) is 8.03. The topological polar surface area (TPSA) is 58.4 Å². The molecule has 3 aliphatic rings. The molecule has 108 valence electrons. The van der Waals surface area contributed by atoms with E-state index in [1.54, 1.807) is 0 Å². The first-order valence-corrected chi connectivity index (χ1v) is 8.03. The molecular weight excluding hydrogens is 238 g/mol. The van der Waals surface area contributed by atoms with E-state index in [9.17, 15) is 4.79 Å². The number of nitrogens with one attached hydrogen (secondary N) is 1. The third-order valence-electron chi connectivity index (χ3n) is 5.37. The zero-order valence-corrected chi connectivity index (χ0v) is 11.8. The number of fused-ring (bicyclic) bond motifs is 1. The van der Waals surface area contributed by atoms with Crippen molar-refractivity contribution in [2.24, 2.45) is 11.7 Å². The molecule has 0 aromatic heterocycles. The lowest BCUT2D eigenvalue weighted by Crippen LogP contribution is -2.47. The Morgan fingerprint density at radius 1 is 1.11 bits per heavy atom. The summed E-state index contributed by atoms with van der Waals surface area (Å²) in [6.45, 7) is 2.39. The molecular formula is C15H27N3O. The summed E-state index contributed by atoms with van der Waals surface area (Å²) in [7, 11) is 0. The van der Waals surface area contributed by atoms with E-state index in [2.05, 4.69) is 10.2 Å². The molecule has 0 bridgehead atoms. The van der Waals surface area contributed by atoms with Gasteiger partial charge in [-0.15, -0.1) is 0 Å². The van der Waals surface area contributed by atoms with Crippen molar-refractivity contribution in [3.8, 4) is 0 Å². The van der Waals surface area contributed by atoms with Gasteiger partial charge >= 0.3 is 0 Å². The fraction of sp³-hybridized carbons (Fsp3) is 0.933. The Morgan fingerprint density at radius 2 is 2.00 bits per heavy atom. The highest BCUT2D eigenvalue weighted by Gasteiger charge is 2.36. The molecule has 0 aromatic carbocycles. The second-order valence-corrected chi connectivity index (χ2v) is 6.62. The lowest BCUT2D eigenvalue weighted by molar-refractivity contribution is -0.123. The quantitative estimate of drug-likeness (QED) is 0.807. The van der Waals surface area contributed by atoms with E-state index < -0.39 is 0 Å². The minimum absolute atomic E-state index is 0.236. The van der Waals surface area contributed by atoms with Gasteiger partial charge in [0, 0.05) is 31.1 Å². The molecule has 0 radical (unpaired) electrons. The Balaban J connectivity index is 1.49. The minimum atomic E-state index is 0.236. The van der Waals surface area contributed by atoms with Gasteiger partial charge in [-0.25, -0.2) is 0 Å². The molecule has 3 N–H and O–H groups in total. The maximum atomic E-state index is 12.2. The molecule has 0 aromatic rings. The summed E-state index contributed by atoms with van der Waals surface area (Å²) in [6, 6.07) is 1.25. The number of carbonyl (C=O) groups excluding carboxylic acids is 1. The predicted molar refractivity (Wildman–Crippen MR) is 75.7 cm³/mol. The number of hydrogen-bond donors (Lipinski definition) is 2. The number of nitrogens with two attached hydrogens (primary N) is 1. The first kappa shape index (κ1) is 13.4. The molecule has 2 saturated heterocycles. The van der Waals surface area contributed by atoms with Crippen LogP contribution in [-0.4, -0.2) is 42.0 Å². The van der Waals surface area contributed by atoms with Gasteiger partial charge in [-0.2, -0.15) is 0 Å². The van der Waals surface area contributed by atoms with E-state index in [0.29, 0.717) is 24.4 Å². The number of carbonyl (C=O) groups is 1. The van der Waals surface area contributed by atoms with Crippen LogP contribution in [0.15, 0.2) is 0 Å². The minimum Gasteiger partial charge on any atom is -0.352 e. The number of piperidine rings is 1. The van der Waals surface area contributed by atoms with E-state index in [-0.39, 0.29) is 11.9 Å². The second-order valence-electron chi connectivity index (χ2n) is 6.62. The summed E-state index contributed by atoms with van der Waals surface area (Å²) in [5.41, 5.74) is 6.05. The largest absolute Gasteiger partial charge is 0.352 e. The predicted octanol–water partition coefficient (Wildman–Crippen LogP) is 1.25. The highest BCUT2D eigenvalue weighted by molar-refractivity contribution is 5.76. The lowest BCUT2D eigenvalue weighted by atomic mass is 9.97. The molecule has 19 heavy (non-hydrogen) atoms. The van der Waals surface area contributed by atoms with Crippen LogP contribution in [0.25, 0.3) is 0 Å². The van der Waals surface area contributed by atoms with Crippen molar-refractivity contribution >= 4 is 5.91 Å². The Bertz CT molecular complexity index is 333. The summed E-state index contributed by atoms with van der Waals surface area (Å²) >= 11 is 0. The fourth-order valence-corrected chi connectivity index (χ4v) is 4.24. The van der Waals surface area contributed by atoms with Crippen LogP contribution in [0.4, 0.5) is 0 Å². The molecule has 1 aliphatic carbocycles. The SMILES string of the molecule is N[C@@H]1CCC[C@H]1CC(=O)NC1CCN2CCCCC12. The summed E-state index contributed by atoms with van der Waals surface area (Å²) in [6.07, 6.45) is 9.10. The van der Waals surface area contributed by atoms with Crippen molar-refractivity contribution in [3.05, 3.63) is 0 Å². The van der Waals surface area contributed by atoms with Gasteiger partial charge in [0.25, 0.3) is 0 Å². The average molecular weight is 265 g/mol. The Hall–Kier alpha value is -0.610. The van der Waals surface area contributed by atoms with Crippen LogP contribution >= 0.6 is 0 Å². The van der Waals surface area contributed by atoms with Crippen molar-refractivity contribution in [2.45, 2.75) is 69.5 Å². The third-order valence-corrected chi connectivity index (χ3v) is 5.37. The Labute approximate surface area is 116 Å². The van der Waals surface area contributed by atoms with Gasteiger partial charge < -0.3 is 11.1 Å². The van der Waals surface area contributed by atoms with E-state index in [1.165, 1.54) is 38.8 Å². The molecule has 1 saturated carbocycles. The standard InChI is InChI=1S/C15H27N3O/c16-12-5-3-4-11(12)10-15(19)17-13-7-9-18-8-2-1-6-14(13)18/h11-14H,1-10,16H2,(H,17,19)/t11-,12+,13?,14?/m0/s1. The molecule has 4 atom stereocenters. The van der Waals surface area contributed by atoms with Gasteiger partial charge in [0.05, 0.1) is 0 Å². The Kier molecular flexibility index (Phi) is 4.08. The third kappa shape index (κ3) is 2.95. The molecule has 3 rings (SSSR count). The van der Waals surface area contributed by atoms with Gasteiger partial charge in [-0.1, -0.05) is 12.8 Å². The summed E-state index contributed by atoms with van der Waals surface area (Å²) < 4.78 is 0. The van der Waals surface area contributed by atoms with Gasteiger partial charge in [-0.3, -0.25) is 9.69 Å². The van der Waals surface area contributed by atoms with E-state index >= 15 is 0 Å². The van der Waals surface area contributed by atoms with Crippen molar-refractivity contribution in [2.75, 3.05) is 13.1 Å². The van der Waals surface area contributed by atoms with Crippen molar-refractivity contribution in [1.29, 1.82) is 0 Å². The van der Waals surface area contributed by atoms with Crippen LogP contribution in [0.3, 0.4) is 0 Å². The van der Waals surface area contributed by atoms with Crippen LogP contribution in [0, 0.1) is 5.92 Å². The number of nitrogens with zero attached hydrogens (tertiary/aromatic N) is 1. The van der Waals surface area contributed by atoms with Gasteiger partial charge in [0.1, 0.15) is 0 Å². The maximum absolute atomic E-state index is 12.2. The number of hydrogen-bond acceptors (Lipinski definition) is 3. The van der Waals surface area contributed by atoms with Gasteiger partial charge in [-0.05, 0) is 44.6 Å². The molecule has 3 fully saturated rings. The molecule has 2 unspecified atom stereocenters. The van der Waals surface area contributed by atoms with E-state index in [0.717, 1.165) is 19.3 Å². The first-order chi connectivity index (χ1) is 9.24. The normalized spacial score (nSPS) is 39.2. The molecule has 4 heteroatoms. The summed E-state index contributed by atoms with van der Waals surface area (Å²) in [5, 5.41) is 3.29. The zero-order chi connectivity index (χ0) is 13.2. The maximum Gasteiger partial charge on any atom is 0.220 e. The van der Waals surface area contributed by atoms with Gasteiger partial charge in [0.2, 0.25) is 5.91 Å². The second kappa shape index (κ2) is 5.80. The average Bonchev–Trinajstić information content (AvgIpc) is 2.98. The monoisotopic (exact) mass is 265 g/mol. The van der Waals surface area contributed by atoms with Crippen molar-refractivity contribution in [1.82, 2.24) is 10.2 Å². The summed E-state index contributed by atoms with van der Waals surface area (Å²) in [4.78, 5) is 14.8. The van der Waals surface area contributed by atoms with Crippen molar-refractivity contribution < 1.29 is 4.79 Å². The molecule has 1 amide bonds. The highest BCUT2D eigenvalue weighted by atomic mass is 16.1. The van der Waals surface area contributed by atoms with E-state index in [1.807, 2.05) is 0 Å². The van der Waals surface area contributed by atoms with Crippen LogP contribution in [0.1, 0.15) is 51.4 Å². The molecule has 4 nitrogen and oxygen atoms in total. The molecule has 2 heterocycles. The number of rotatable bonds is 3. The van der Waals surface area contributed by atoms with Crippen LogP contribution in [0.2, 0.25) is 0 Å². The van der Waals surface area contributed by atoms with Crippen LogP contribution in [-0.2, 0) is 4.79 Å². The van der Waals surface area contributed by atoms with Crippen LogP contribution in [0.5, 0.6) is 0 Å². The highest BCUT2D eigenvalue weighted by Crippen LogP contribution is 2.29. The Morgan fingerprint density at radius 3 is 2.79 bits per heavy atom. The molecule has 2 aliphatic heterocycles. The van der Waals surface area contributed by atoms with Crippen LogP contribution < -0.4 is 11.1 Å². The molecule has 0 spiro atoms. The van der Waals surface area contributed by atoms with Gasteiger partial charge in [0.15, 0.2) is 0 Å². The van der Waals surface area contributed by atoms with E-state index in [4.69, 9.17) is 5.73 Å². The fourth-order valence-electron chi connectivity index (χ4n) is 4.24. The smallest absolute Gasteiger partial charge is 0.220 e. The summed E-state index contributed by atoms with van der Waals surface area (Å²) in [5.74, 6) is 0.656. The number of amides is 1. The zero-order valence-electron chi connectivity index (χ0n) is 11.8.